The monoisotopic (exact) mass is 438 g/mol. The fourth-order valence-corrected chi connectivity index (χ4v) is 3.53. The largest absolute Gasteiger partial charge is 0.488 e. The highest BCUT2D eigenvalue weighted by atomic mass is 19.1. The molecule has 0 spiro atoms. The fraction of sp³-hybridized carbons (Fsp3) is 0.318. The Hall–Kier alpha value is -3.66. The molecular weight excluding hydrogens is 415 g/mol. The number of rotatable bonds is 7. The molecule has 0 aliphatic carbocycles. The number of alkyl halides is 1. The van der Waals surface area contributed by atoms with Crippen molar-refractivity contribution in [2.75, 3.05) is 13.2 Å². The van der Waals surface area contributed by atoms with E-state index < -0.39 is 24.2 Å². The summed E-state index contributed by atoms with van der Waals surface area (Å²) in [6.45, 7) is 2.81. The molecule has 10 heteroatoms. The SMILES string of the molecule is CCOc1cccnc1Oc1cncc(C2NCC[C@H](F)[C@@H]2NC(=O)c2cncnc2)c1. The molecule has 4 heterocycles. The molecule has 1 aliphatic rings. The van der Waals surface area contributed by atoms with E-state index in [-0.39, 0.29) is 12.0 Å². The molecule has 1 amide bonds. The van der Waals surface area contributed by atoms with Crippen LogP contribution in [0.3, 0.4) is 0 Å². The third-order valence-corrected chi connectivity index (χ3v) is 5.00. The van der Waals surface area contributed by atoms with Crippen molar-refractivity contribution in [3.05, 3.63) is 66.6 Å². The summed E-state index contributed by atoms with van der Waals surface area (Å²) in [4.78, 5) is 28.7. The Labute approximate surface area is 184 Å². The number of hydrogen-bond acceptors (Lipinski definition) is 8. The molecule has 9 nitrogen and oxygen atoms in total. The van der Waals surface area contributed by atoms with Crippen molar-refractivity contribution in [1.29, 1.82) is 0 Å². The lowest BCUT2D eigenvalue weighted by atomic mass is 9.91. The average Bonchev–Trinajstić information content (AvgIpc) is 2.82. The van der Waals surface area contributed by atoms with Gasteiger partial charge in [-0.2, -0.15) is 0 Å². The van der Waals surface area contributed by atoms with E-state index in [0.29, 0.717) is 36.1 Å². The lowest BCUT2D eigenvalue weighted by Crippen LogP contribution is -2.54. The second kappa shape index (κ2) is 10.1. The zero-order valence-electron chi connectivity index (χ0n) is 17.4. The van der Waals surface area contributed by atoms with E-state index in [1.807, 2.05) is 6.92 Å². The highest BCUT2D eigenvalue weighted by Crippen LogP contribution is 2.32. The summed E-state index contributed by atoms with van der Waals surface area (Å²) in [5.41, 5.74) is 0.936. The summed E-state index contributed by atoms with van der Waals surface area (Å²) in [5.74, 6) is 0.797. The predicted molar refractivity (Wildman–Crippen MR) is 113 cm³/mol. The van der Waals surface area contributed by atoms with Crippen molar-refractivity contribution in [2.24, 2.45) is 0 Å². The first-order valence-electron chi connectivity index (χ1n) is 10.3. The Balaban J connectivity index is 1.55. The molecule has 166 valence electrons. The third kappa shape index (κ3) is 4.97. The van der Waals surface area contributed by atoms with Crippen molar-refractivity contribution >= 4 is 5.91 Å². The average molecular weight is 438 g/mol. The van der Waals surface area contributed by atoms with Crippen LogP contribution in [0.5, 0.6) is 17.4 Å². The summed E-state index contributed by atoms with van der Waals surface area (Å²) in [5, 5.41) is 6.04. The molecule has 3 atom stereocenters. The minimum absolute atomic E-state index is 0.262. The summed E-state index contributed by atoms with van der Waals surface area (Å²) in [6.07, 6.45) is 7.91. The molecular formula is C22H23FN6O3. The Kier molecular flexibility index (Phi) is 6.81. The normalized spacial score (nSPS) is 20.4. The molecule has 0 saturated carbocycles. The number of nitrogens with zero attached hydrogens (tertiary/aromatic N) is 4. The molecule has 0 radical (unpaired) electrons. The third-order valence-electron chi connectivity index (χ3n) is 5.00. The number of halogens is 1. The minimum atomic E-state index is -1.24. The quantitative estimate of drug-likeness (QED) is 0.579. The van der Waals surface area contributed by atoms with E-state index >= 15 is 0 Å². The van der Waals surface area contributed by atoms with E-state index in [2.05, 4.69) is 30.6 Å². The van der Waals surface area contributed by atoms with Gasteiger partial charge in [0.2, 0.25) is 0 Å². The molecule has 1 saturated heterocycles. The smallest absolute Gasteiger partial charge is 0.262 e. The van der Waals surface area contributed by atoms with Gasteiger partial charge in [-0.05, 0) is 43.7 Å². The van der Waals surface area contributed by atoms with Gasteiger partial charge in [0.05, 0.1) is 30.5 Å². The van der Waals surface area contributed by atoms with E-state index in [9.17, 15) is 9.18 Å². The topological polar surface area (TPSA) is 111 Å². The standard InChI is InChI=1S/C22H23FN6O3/c1-2-31-18-4-3-6-28-22(18)32-16-8-14(9-24-12-16)19-20(17(23)5-7-27-19)29-21(30)15-10-25-13-26-11-15/h3-4,6,8-13,17,19-20,27H,2,5,7H2,1H3,(H,29,30)/t17-,19?,20-/m0/s1. The van der Waals surface area contributed by atoms with Gasteiger partial charge in [0.25, 0.3) is 11.8 Å². The van der Waals surface area contributed by atoms with Crippen LogP contribution >= 0.6 is 0 Å². The first-order chi connectivity index (χ1) is 15.7. The Morgan fingerprint density at radius 3 is 2.91 bits per heavy atom. The lowest BCUT2D eigenvalue weighted by Gasteiger charge is -2.36. The number of hydrogen-bond donors (Lipinski definition) is 2. The van der Waals surface area contributed by atoms with Gasteiger partial charge in [-0.25, -0.2) is 19.3 Å². The first-order valence-corrected chi connectivity index (χ1v) is 10.3. The van der Waals surface area contributed by atoms with Crippen molar-refractivity contribution < 1.29 is 18.7 Å². The number of pyridine rings is 2. The zero-order chi connectivity index (χ0) is 22.3. The van der Waals surface area contributed by atoms with Crippen LogP contribution < -0.4 is 20.1 Å². The lowest BCUT2D eigenvalue weighted by molar-refractivity contribution is 0.0854. The van der Waals surface area contributed by atoms with E-state index in [1.165, 1.54) is 18.7 Å². The number of ether oxygens (including phenoxy) is 2. The molecule has 1 unspecified atom stereocenters. The van der Waals surface area contributed by atoms with Gasteiger partial charge in [-0.3, -0.25) is 9.78 Å². The van der Waals surface area contributed by atoms with Crippen LogP contribution in [0.15, 0.2) is 55.5 Å². The Morgan fingerprint density at radius 1 is 1.25 bits per heavy atom. The molecule has 1 fully saturated rings. The first kappa shape index (κ1) is 21.6. The summed E-state index contributed by atoms with van der Waals surface area (Å²) in [6, 6.07) is 3.96. The maximum Gasteiger partial charge on any atom is 0.262 e. The molecule has 2 N–H and O–H groups in total. The summed E-state index contributed by atoms with van der Waals surface area (Å²) >= 11 is 0. The second-order valence-corrected chi connectivity index (χ2v) is 7.16. The molecule has 1 aliphatic heterocycles. The number of carbonyl (C=O) groups is 1. The van der Waals surface area contributed by atoms with Crippen LogP contribution in [0.25, 0.3) is 0 Å². The van der Waals surface area contributed by atoms with Gasteiger partial charge in [-0.1, -0.05) is 0 Å². The van der Waals surface area contributed by atoms with Crippen molar-refractivity contribution in [3.8, 4) is 17.4 Å². The van der Waals surface area contributed by atoms with Crippen molar-refractivity contribution in [2.45, 2.75) is 31.6 Å². The number of nitrogens with one attached hydrogen (secondary N) is 2. The minimum Gasteiger partial charge on any atom is -0.488 e. The number of aromatic nitrogens is 4. The van der Waals surface area contributed by atoms with E-state index in [1.54, 1.807) is 36.8 Å². The van der Waals surface area contributed by atoms with Gasteiger partial charge in [0, 0.05) is 24.8 Å². The molecule has 0 aromatic carbocycles. The maximum atomic E-state index is 14.9. The maximum absolute atomic E-state index is 14.9. The van der Waals surface area contributed by atoms with E-state index in [4.69, 9.17) is 9.47 Å². The van der Waals surface area contributed by atoms with Crippen LogP contribution in [0, 0.1) is 0 Å². The number of piperidine rings is 1. The van der Waals surface area contributed by atoms with Gasteiger partial charge in [-0.15, -0.1) is 0 Å². The number of amides is 1. The highest BCUT2D eigenvalue weighted by molar-refractivity contribution is 5.93. The van der Waals surface area contributed by atoms with Crippen molar-refractivity contribution in [1.82, 2.24) is 30.6 Å². The van der Waals surface area contributed by atoms with Gasteiger partial charge >= 0.3 is 0 Å². The van der Waals surface area contributed by atoms with Crippen LogP contribution in [-0.2, 0) is 0 Å². The number of carbonyl (C=O) groups excluding carboxylic acids is 1. The predicted octanol–water partition coefficient (Wildman–Crippen LogP) is 2.63. The van der Waals surface area contributed by atoms with E-state index in [0.717, 1.165) is 0 Å². The molecule has 0 bridgehead atoms. The van der Waals surface area contributed by atoms with Gasteiger partial charge in [0.15, 0.2) is 5.75 Å². The summed E-state index contributed by atoms with van der Waals surface area (Å²) < 4.78 is 26.3. The molecule has 4 rings (SSSR count). The highest BCUT2D eigenvalue weighted by Gasteiger charge is 2.36. The van der Waals surface area contributed by atoms with Crippen LogP contribution in [0.1, 0.15) is 35.3 Å². The van der Waals surface area contributed by atoms with Gasteiger partial charge in [0.1, 0.15) is 18.2 Å². The molecule has 3 aromatic rings. The zero-order valence-corrected chi connectivity index (χ0v) is 17.4. The van der Waals surface area contributed by atoms with Crippen LogP contribution in [-0.4, -0.2) is 51.2 Å². The van der Waals surface area contributed by atoms with Crippen LogP contribution in [0.2, 0.25) is 0 Å². The molecule has 32 heavy (non-hydrogen) atoms. The Bertz CT molecular complexity index is 1050. The second-order valence-electron chi connectivity index (χ2n) is 7.16. The Morgan fingerprint density at radius 2 is 2.09 bits per heavy atom. The van der Waals surface area contributed by atoms with Crippen molar-refractivity contribution in [3.63, 3.8) is 0 Å². The fourth-order valence-electron chi connectivity index (χ4n) is 3.53. The molecule has 3 aromatic heterocycles. The summed E-state index contributed by atoms with van der Waals surface area (Å²) in [7, 11) is 0. The van der Waals surface area contributed by atoms with Gasteiger partial charge < -0.3 is 20.1 Å². The van der Waals surface area contributed by atoms with Crippen LogP contribution in [0.4, 0.5) is 4.39 Å².